The molecule has 3 aromatic rings. The van der Waals surface area contributed by atoms with Gasteiger partial charge in [-0.1, -0.05) is 35.9 Å². The van der Waals surface area contributed by atoms with Gasteiger partial charge in [-0.2, -0.15) is 11.8 Å². The summed E-state index contributed by atoms with van der Waals surface area (Å²) in [4.78, 5) is 16.2. The van der Waals surface area contributed by atoms with Crippen molar-refractivity contribution in [3.63, 3.8) is 0 Å². The van der Waals surface area contributed by atoms with Crippen molar-refractivity contribution in [1.82, 2.24) is 14.9 Å². The van der Waals surface area contributed by atoms with Crippen LogP contribution in [-0.2, 0) is 12.3 Å². The lowest BCUT2D eigenvalue weighted by Crippen LogP contribution is -2.25. The average Bonchev–Trinajstić information content (AvgIpc) is 3.16. The van der Waals surface area contributed by atoms with Gasteiger partial charge in [0.2, 0.25) is 0 Å². The van der Waals surface area contributed by atoms with Crippen molar-refractivity contribution >= 4 is 29.3 Å². The monoisotopic (exact) mass is 385 g/mol. The van der Waals surface area contributed by atoms with E-state index in [1.54, 1.807) is 24.3 Å². The molecule has 134 valence electrons. The lowest BCUT2D eigenvalue weighted by molar-refractivity contribution is 0.0956. The van der Waals surface area contributed by atoms with Crippen LogP contribution >= 0.6 is 23.4 Å². The molecule has 0 radical (unpaired) electrons. The van der Waals surface area contributed by atoms with Gasteiger partial charge >= 0.3 is 0 Å². The molecule has 4 nitrogen and oxygen atoms in total. The van der Waals surface area contributed by atoms with E-state index in [0.29, 0.717) is 12.1 Å². The summed E-state index contributed by atoms with van der Waals surface area (Å²) in [5, 5.41) is 3.72. The van der Waals surface area contributed by atoms with E-state index in [1.165, 1.54) is 5.56 Å². The highest BCUT2D eigenvalue weighted by Gasteiger charge is 2.05. The molecule has 26 heavy (non-hydrogen) atoms. The minimum Gasteiger partial charge on any atom is -0.351 e. The summed E-state index contributed by atoms with van der Waals surface area (Å²) in [6.45, 7) is 1.40. The van der Waals surface area contributed by atoms with E-state index >= 15 is 0 Å². The molecule has 0 unspecified atom stereocenters. The summed E-state index contributed by atoms with van der Waals surface area (Å²) in [5.74, 6) is 1.74. The minimum absolute atomic E-state index is 0.0359. The highest BCUT2D eigenvalue weighted by molar-refractivity contribution is 7.98. The number of hydrogen-bond acceptors (Lipinski definition) is 3. The maximum atomic E-state index is 12.2. The Bertz CT molecular complexity index is 817. The lowest BCUT2D eigenvalue weighted by atomic mass is 10.1. The van der Waals surface area contributed by atoms with Crippen molar-refractivity contribution in [1.29, 1.82) is 0 Å². The number of thioether (sulfide) groups is 1. The summed E-state index contributed by atoms with van der Waals surface area (Å²) < 4.78 is 1.99. The molecule has 1 aromatic heterocycles. The first-order valence-electron chi connectivity index (χ1n) is 8.36. The zero-order chi connectivity index (χ0) is 18.2. The third-order valence-electron chi connectivity index (χ3n) is 3.85. The molecule has 2 aromatic carbocycles. The fourth-order valence-electron chi connectivity index (χ4n) is 2.46. The first-order valence-corrected chi connectivity index (χ1v) is 9.89. The molecule has 0 aliphatic rings. The van der Waals surface area contributed by atoms with Crippen LogP contribution in [0, 0.1) is 0 Å². The Labute approximate surface area is 162 Å². The van der Waals surface area contributed by atoms with Gasteiger partial charge in [-0.05, 0) is 35.4 Å². The molecule has 0 atom stereocenters. The van der Waals surface area contributed by atoms with Crippen LogP contribution in [-0.4, -0.2) is 27.8 Å². The summed E-state index contributed by atoms with van der Waals surface area (Å²) in [6, 6.07) is 15.5. The molecule has 0 saturated heterocycles. The number of nitrogens with one attached hydrogen (secondary N) is 1. The Morgan fingerprint density at radius 2 is 1.81 bits per heavy atom. The molecular weight excluding hydrogens is 366 g/mol. The number of rotatable bonds is 8. The summed E-state index contributed by atoms with van der Waals surface area (Å²) in [6.07, 6.45) is 5.46. The molecule has 1 amide bonds. The van der Waals surface area contributed by atoms with Gasteiger partial charge in [0, 0.05) is 47.6 Å². The van der Waals surface area contributed by atoms with E-state index in [9.17, 15) is 4.79 Å². The first-order chi connectivity index (χ1) is 12.7. The van der Waals surface area contributed by atoms with Crippen LogP contribution in [0.4, 0.5) is 0 Å². The van der Waals surface area contributed by atoms with Crippen LogP contribution in [0.1, 0.15) is 21.5 Å². The SMILES string of the molecule is O=C(NCCSCc1ccc(Cl)cc1)c1ccc(Cn2ccnc2)cc1. The molecule has 6 heteroatoms. The van der Waals surface area contributed by atoms with Crippen LogP contribution in [0.2, 0.25) is 5.02 Å². The molecule has 0 aliphatic carbocycles. The zero-order valence-electron chi connectivity index (χ0n) is 14.3. The van der Waals surface area contributed by atoms with E-state index in [1.807, 2.05) is 59.3 Å². The average molecular weight is 386 g/mol. The Balaban J connectivity index is 1.38. The van der Waals surface area contributed by atoms with E-state index in [2.05, 4.69) is 10.3 Å². The van der Waals surface area contributed by atoms with Crippen molar-refractivity contribution in [2.45, 2.75) is 12.3 Å². The summed E-state index contributed by atoms with van der Waals surface area (Å²) >= 11 is 7.66. The predicted octanol–water partition coefficient (Wildman–Crippen LogP) is 4.25. The topological polar surface area (TPSA) is 46.9 Å². The molecule has 0 saturated carbocycles. The first kappa shape index (κ1) is 18.5. The quantitative estimate of drug-likeness (QED) is 0.590. The largest absolute Gasteiger partial charge is 0.351 e. The van der Waals surface area contributed by atoms with Crippen molar-refractivity contribution in [2.75, 3.05) is 12.3 Å². The molecule has 1 heterocycles. The number of aromatic nitrogens is 2. The number of nitrogens with zero attached hydrogens (tertiary/aromatic N) is 2. The van der Waals surface area contributed by atoms with E-state index in [-0.39, 0.29) is 5.91 Å². The zero-order valence-corrected chi connectivity index (χ0v) is 15.8. The molecular formula is C20H20ClN3OS. The van der Waals surface area contributed by atoms with Gasteiger partial charge in [-0.25, -0.2) is 4.98 Å². The standard InChI is InChI=1S/C20H20ClN3OS/c21-19-7-3-17(4-8-19)14-26-12-10-23-20(25)18-5-1-16(2-6-18)13-24-11-9-22-15-24/h1-9,11,15H,10,12-14H2,(H,23,25). The van der Waals surface area contributed by atoms with Gasteiger partial charge in [0.15, 0.2) is 0 Å². The van der Waals surface area contributed by atoms with Crippen LogP contribution in [0.25, 0.3) is 0 Å². The molecule has 0 aliphatic heterocycles. The maximum Gasteiger partial charge on any atom is 0.251 e. The second kappa shape index (κ2) is 9.46. The van der Waals surface area contributed by atoms with Crippen molar-refractivity contribution in [3.05, 3.63) is 89.0 Å². The molecule has 1 N–H and O–H groups in total. The van der Waals surface area contributed by atoms with Crippen LogP contribution in [0.3, 0.4) is 0 Å². The number of imidazole rings is 1. The minimum atomic E-state index is -0.0359. The molecule has 3 rings (SSSR count). The predicted molar refractivity (Wildman–Crippen MR) is 108 cm³/mol. The normalized spacial score (nSPS) is 10.7. The number of benzene rings is 2. The van der Waals surface area contributed by atoms with E-state index < -0.39 is 0 Å². The maximum absolute atomic E-state index is 12.2. The molecule has 0 bridgehead atoms. The second-order valence-corrected chi connectivity index (χ2v) is 7.41. The Hall–Kier alpha value is -2.24. The fraction of sp³-hybridized carbons (Fsp3) is 0.200. The highest BCUT2D eigenvalue weighted by Crippen LogP contribution is 2.15. The fourth-order valence-corrected chi connectivity index (χ4v) is 3.41. The Morgan fingerprint density at radius 3 is 2.50 bits per heavy atom. The van der Waals surface area contributed by atoms with E-state index in [0.717, 1.165) is 28.6 Å². The second-order valence-electron chi connectivity index (χ2n) is 5.87. The van der Waals surface area contributed by atoms with Crippen LogP contribution in [0.5, 0.6) is 0 Å². The van der Waals surface area contributed by atoms with Crippen molar-refractivity contribution in [2.24, 2.45) is 0 Å². The smallest absolute Gasteiger partial charge is 0.251 e. The van der Waals surface area contributed by atoms with Crippen molar-refractivity contribution < 1.29 is 4.79 Å². The third-order valence-corrected chi connectivity index (χ3v) is 5.14. The number of amides is 1. The third kappa shape index (κ3) is 5.64. The van der Waals surface area contributed by atoms with Gasteiger partial charge in [0.1, 0.15) is 0 Å². The van der Waals surface area contributed by atoms with Crippen LogP contribution in [0.15, 0.2) is 67.3 Å². The van der Waals surface area contributed by atoms with Gasteiger partial charge in [0.05, 0.1) is 6.33 Å². The molecule has 0 spiro atoms. The number of hydrogen-bond donors (Lipinski definition) is 1. The summed E-state index contributed by atoms with van der Waals surface area (Å²) in [7, 11) is 0. The van der Waals surface area contributed by atoms with Gasteiger partial charge < -0.3 is 9.88 Å². The number of carbonyl (C=O) groups is 1. The van der Waals surface area contributed by atoms with E-state index in [4.69, 9.17) is 11.6 Å². The number of carbonyl (C=O) groups excluding carboxylic acids is 1. The number of halogens is 1. The highest BCUT2D eigenvalue weighted by atomic mass is 35.5. The van der Waals surface area contributed by atoms with Gasteiger partial charge in [-0.3, -0.25) is 4.79 Å². The van der Waals surface area contributed by atoms with Gasteiger partial charge in [-0.15, -0.1) is 0 Å². The summed E-state index contributed by atoms with van der Waals surface area (Å²) in [5.41, 5.74) is 3.05. The van der Waals surface area contributed by atoms with Gasteiger partial charge in [0.25, 0.3) is 5.91 Å². The van der Waals surface area contributed by atoms with Crippen LogP contribution < -0.4 is 5.32 Å². The lowest BCUT2D eigenvalue weighted by Gasteiger charge is -2.07. The van der Waals surface area contributed by atoms with Crippen molar-refractivity contribution in [3.8, 4) is 0 Å². The molecule has 0 fully saturated rings. The Morgan fingerprint density at radius 1 is 1.08 bits per heavy atom. The Kier molecular flexibility index (Phi) is 6.75.